The first kappa shape index (κ1) is 16.9. The third-order valence-electron chi connectivity index (χ3n) is 4.20. The Morgan fingerprint density at radius 2 is 2.08 bits per heavy atom. The molecule has 0 unspecified atom stereocenters. The lowest BCUT2D eigenvalue weighted by Gasteiger charge is -2.30. The highest BCUT2D eigenvalue weighted by Gasteiger charge is 2.28. The van der Waals surface area contributed by atoms with E-state index in [4.69, 9.17) is 4.74 Å². The van der Waals surface area contributed by atoms with Crippen molar-refractivity contribution < 1.29 is 9.53 Å². The molecule has 7 heteroatoms. The van der Waals surface area contributed by atoms with Crippen LogP contribution >= 0.6 is 11.3 Å². The molecule has 1 atom stereocenters. The summed E-state index contributed by atoms with van der Waals surface area (Å²) in [6.07, 6.45) is 0.0616. The Morgan fingerprint density at radius 3 is 2.79 bits per heavy atom. The molecule has 1 aliphatic heterocycles. The molecule has 24 heavy (non-hydrogen) atoms. The number of hydrogen-bond acceptors (Lipinski definition) is 5. The summed E-state index contributed by atoms with van der Waals surface area (Å²) in [5.74, 6) is 0. The van der Waals surface area contributed by atoms with E-state index in [1.165, 1.54) is 16.9 Å². The van der Waals surface area contributed by atoms with Crippen molar-refractivity contribution in [1.29, 1.82) is 0 Å². The van der Waals surface area contributed by atoms with Gasteiger partial charge in [0.25, 0.3) is 0 Å². The normalized spacial score (nSPS) is 18.5. The summed E-state index contributed by atoms with van der Waals surface area (Å²) in [4.78, 5) is 14.1. The topological polar surface area (TPSA) is 67.4 Å². The van der Waals surface area contributed by atoms with Crippen LogP contribution in [0.4, 0.5) is 9.93 Å². The van der Waals surface area contributed by atoms with Crippen LogP contribution in [0.2, 0.25) is 0 Å². The van der Waals surface area contributed by atoms with Crippen molar-refractivity contribution in [2.75, 3.05) is 25.0 Å². The van der Waals surface area contributed by atoms with Gasteiger partial charge in [-0.25, -0.2) is 4.79 Å². The van der Waals surface area contributed by atoms with Crippen molar-refractivity contribution in [2.24, 2.45) is 0 Å². The maximum Gasteiger partial charge on any atom is 0.323 e. The zero-order valence-electron chi connectivity index (χ0n) is 14.2. The van der Waals surface area contributed by atoms with Gasteiger partial charge in [0.05, 0.1) is 12.7 Å². The highest BCUT2D eigenvalue weighted by molar-refractivity contribution is 7.15. The van der Waals surface area contributed by atoms with Crippen LogP contribution in [-0.4, -0.2) is 46.9 Å². The van der Waals surface area contributed by atoms with E-state index in [0.29, 0.717) is 24.8 Å². The number of anilines is 1. The molecule has 2 heterocycles. The van der Waals surface area contributed by atoms with Gasteiger partial charge in [-0.2, -0.15) is 0 Å². The van der Waals surface area contributed by atoms with Gasteiger partial charge in [0.1, 0.15) is 5.01 Å². The molecule has 0 bridgehead atoms. The van der Waals surface area contributed by atoms with Crippen LogP contribution in [0.25, 0.3) is 0 Å². The molecule has 0 aliphatic carbocycles. The number of amides is 2. The van der Waals surface area contributed by atoms with Crippen LogP contribution in [0.5, 0.6) is 0 Å². The van der Waals surface area contributed by atoms with Crippen LogP contribution in [0, 0.1) is 0 Å². The molecule has 1 aliphatic rings. The van der Waals surface area contributed by atoms with Gasteiger partial charge in [-0.3, -0.25) is 5.32 Å². The van der Waals surface area contributed by atoms with Crippen LogP contribution in [0.1, 0.15) is 31.3 Å². The zero-order chi connectivity index (χ0) is 17.2. The molecule has 0 spiro atoms. The summed E-state index contributed by atoms with van der Waals surface area (Å²) in [6, 6.07) is 10.0. The number of hydrogen-bond donors (Lipinski definition) is 1. The van der Waals surface area contributed by atoms with Gasteiger partial charge in [-0.15, -0.1) is 10.2 Å². The summed E-state index contributed by atoms with van der Waals surface area (Å²) in [5.41, 5.74) is 0.913. The van der Waals surface area contributed by atoms with E-state index < -0.39 is 0 Å². The summed E-state index contributed by atoms with van der Waals surface area (Å²) < 4.78 is 5.46. The standard InChI is InChI=1S/C17H22N4O2S/c1-12-11-21(9-10-23-12)16(22)18-15-20-19-14(24-15)17(2,3)13-7-5-4-6-8-13/h4-8,12H,9-11H2,1-3H3,(H,18,20,22)/t12-/m0/s1. The van der Waals surface area contributed by atoms with Crippen molar-refractivity contribution >= 4 is 22.5 Å². The molecule has 0 saturated carbocycles. The second-order valence-electron chi connectivity index (χ2n) is 6.46. The fourth-order valence-electron chi connectivity index (χ4n) is 2.68. The van der Waals surface area contributed by atoms with E-state index in [1.807, 2.05) is 25.1 Å². The minimum Gasteiger partial charge on any atom is -0.375 e. The second-order valence-corrected chi connectivity index (χ2v) is 7.44. The second kappa shape index (κ2) is 6.86. The van der Waals surface area contributed by atoms with Crippen molar-refractivity contribution in [3.05, 3.63) is 40.9 Å². The number of nitrogens with zero attached hydrogens (tertiary/aromatic N) is 3. The monoisotopic (exact) mass is 346 g/mol. The Labute approximate surface area is 145 Å². The van der Waals surface area contributed by atoms with Gasteiger partial charge >= 0.3 is 6.03 Å². The van der Waals surface area contributed by atoms with Gasteiger partial charge in [-0.1, -0.05) is 41.7 Å². The summed E-state index contributed by atoms with van der Waals surface area (Å²) >= 11 is 1.42. The molecule has 128 valence electrons. The molecule has 1 saturated heterocycles. The number of urea groups is 1. The molecule has 1 aromatic heterocycles. The van der Waals surface area contributed by atoms with Crippen molar-refractivity contribution in [3.8, 4) is 0 Å². The average Bonchev–Trinajstić information content (AvgIpc) is 3.05. The first-order chi connectivity index (χ1) is 11.5. The Hall–Kier alpha value is -1.99. The minimum atomic E-state index is -0.255. The van der Waals surface area contributed by atoms with Crippen LogP contribution < -0.4 is 5.32 Å². The number of morpholine rings is 1. The molecule has 1 fully saturated rings. The molecule has 3 rings (SSSR count). The van der Waals surface area contributed by atoms with Crippen molar-refractivity contribution in [3.63, 3.8) is 0 Å². The molecule has 1 N–H and O–H groups in total. The number of aromatic nitrogens is 2. The number of carbonyl (C=O) groups is 1. The highest BCUT2D eigenvalue weighted by Crippen LogP contribution is 2.34. The molecular weight excluding hydrogens is 324 g/mol. The molecule has 0 radical (unpaired) electrons. The van der Waals surface area contributed by atoms with Gasteiger partial charge < -0.3 is 9.64 Å². The summed E-state index contributed by atoms with van der Waals surface area (Å²) in [5, 5.41) is 12.7. The Kier molecular flexibility index (Phi) is 4.82. The Bertz CT molecular complexity index is 702. The van der Waals surface area contributed by atoms with Crippen LogP contribution in [-0.2, 0) is 10.2 Å². The first-order valence-corrected chi connectivity index (χ1v) is 8.85. The predicted molar refractivity (Wildman–Crippen MR) is 94.5 cm³/mol. The number of ether oxygens (including phenoxy) is 1. The van der Waals surface area contributed by atoms with Crippen molar-refractivity contribution in [1.82, 2.24) is 15.1 Å². The fourth-order valence-corrected chi connectivity index (χ4v) is 3.54. The molecular formula is C17H22N4O2S. The number of nitrogens with one attached hydrogen (secondary N) is 1. The van der Waals surface area contributed by atoms with Gasteiger partial charge in [-0.05, 0) is 26.3 Å². The number of benzene rings is 1. The SMILES string of the molecule is C[C@H]1CN(C(=O)Nc2nnc(C(C)(C)c3ccccc3)s2)CCO1. The quantitative estimate of drug-likeness (QED) is 0.927. The van der Waals surface area contributed by atoms with E-state index in [0.717, 1.165) is 5.01 Å². The summed E-state index contributed by atoms with van der Waals surface area (Å²) in [7, 11) is 0. The van der Waals surface area contributed by atoms with E-state index in [9.17, 15) is 4.79 Å². The van der Waals surface area contributed by atoms with Crippen LogP contribution in [0.15, 0.2) is 30.3 Å². The lowest BCUT2D eigenvalue weighted by molar-refractivity contribution is -0.00138. The van der Waals surface area contributed by atoms with Crippen LogP contribution in [0.3, 0.4) is 0 Å². The van der Waals surface area contributed by atoms with E-state index in [1.54, 1.807) is 4.90 Å². The predicted octanol–water partition coefficient (Wildman–Crippen LogP) is 3.12. The molecule has 6 nitrogen and oxygen atoms in total. The van der Waals surface area contributed by atoms with Crippen molar-refractivity contribution in [2.45, 2.75) is 32.3 Å². The number of carbonyl (C=O) groups excluding carboxylic acids is 1. The lowest BCUT2D eigenvalue weighted by atomic mass is 9.85. The Balaban J connectivity index is 1.70. The highest BCUT2D eigenvalue weighted by atomic mass is 32.1. The van der Waals surface area contributed by atoms with E-state index in [-0.39, 0.29) is 17.6 Å². The Morgan fingerprint density at radius 1 is 1.33 bits per heavy atom. The largest absolute Gasteiger partial charge is 0.375 e. The van der Waals surface area contributed by atoms with Gasteiger partial charge in [0.2, 0.25) is 5.13 Å². The van der Waals surface area contributed by atoms with Gasteiger partial charge in [0, 0.05) is 18.5 Å². The molecule has 2 amide bonds. The van der Waals surface area contributed by atoms with E-state index in [2.05, 4.69) is 41.5 Å². The smallest absolute Gasteiger partial charge is 0.323 e. The molecule has 1 aromatic carbocycles. The maximum atomic E-state index is 12.3. The minimum absolute atomic E-state index is 0.0616. The van der Waals surface area contributed by atoms with Gasteiger partial charge in [0.15, 0.2) is 0 Å². The third kappa shape index (κ3) is 3.57. The fraction of sp³-hybridized carbons (Fsp3) is 0.471. The zero-order valence-corrected chi connectivity index (χ0v) is 15.0. The summed E-state index contributed by atoms with van der Waals surface area (Å²) in [6.45, 7) is 7.93. The average molecular weight is 346 g/mol. The maximum absolute atomic E-state index is 12.3. The lowest BCUT2D eigenvalue weighted by Crippen LogP contribution is -2.46. The number of rotatable bonds is 3. The third-order valence-corrected chi connectivity index (χ3v) is 5.36. The first-order valence-electron chi connectivity index (χ1n) is 8.04. The van der Waals surface area contributed by atoms with E-state index >= 15 is 0 Å². The molecule has 2 aromatic rings.